The van der Waals surface area contributed by atoms with Gasteiger partial charge in [0.15, 0.2) is 0 Å². The Bertz CT molecular complexity index is 1250. The molecule has 3 atom stereocenters. The molecule has 3 aromatic rings. The Hall–Kier alpha value is -3.49. The number of carbonyl (C=O) groups excluding carboxylic acids is 1. The van der Waals surface area contributed by atoms with E-state index in [1.807, 2.05) is 36.9 Å². The van der Waals surface area contributed by atoms with Crippen LogP contribution in [0.2, 0.25) is 0 Å². The van der Waals surface area contributed by atoms with Crippen molar-refractivity contribution >= 4 is 5.91 Å². The van der Waals surface area contributed by atoms with Gasteiger partial charge >= 0.3 is 6.18 Å². The highest BCUT2D eigenvalue weighted by atomic mass is 19.4. The molecule has 182 valence electrons. The molecule has 0 radical (unpaired) electrons. The average Bonchev–Trinajstić information content (AvgIpc) is 2.84. The van der Waals surface area contributed by atoms with Crippen LogP contribution in [0.1, 0.15) is 46.4 Å². The van der Waals surface area contributed by atoms with E-state index < -0.39 is 11.7 Å². The minimum Gasteiger partial charge on any atom is -0.472 e. The molecule has 9 heteroatoms. The second kappa shape index (κ2) is 8.94. The van der Waals surface area contributed by atoms with Crippen molar-refractivity contribution < 1.29 is 22.7 Å². The first-order chi connectivity index (χ1) is 16.7. The molecule has 35 heavy (non-hydrogen) atoms. The van der Waals surface area contributed by atoms with Crippen molar-refractivity contribution in [3.63, 3.8) is 0 Å². The van der Waals surface area contributed by atoms with E-state index in [0.717, 1.165) is 48.3 Å². The maximum absolute atomic E-state index is 13.8. The molecule has 6 rings (SSSR count). The molecule has 5 heterocycles. The molecule has 3 fully saturated rings. The normalized spacial score (nSPS) is 21.7. The first-order valence-corrected chi connectivity index (χ1v) is 11.6. The Morgan fingerprint density at radius 3 is 2.60 bits per heavy atom. The van der Waals surface area contributed by atoms with Crippen LogP contribution in [-0.2, 0) is 6.18 Å². The number of halogens is 3. The Balaban J connectivity index is 1.41. The van der Waals surface area contributed by atoms with E-state index >= 15 is 0 Å². The van der Waals surface area contributed by atoms with Gasteiger partial charge in [0.25, 0.3) is 5.91 Å². The van der Waals surface area contributed by atoms with Gasteiger partial charge in [-0.1, -0.05) is 6.07 Å². The molecule has 2 saturated heterocycles. The first-order valence-electron chi connectivity index (χ1n) is 11.6. The van der Waals surface area contributed by atoms with Crippen molar-refractivity contribution in [2.45, 2.75) is 51.4 Å². The fourth-order valence-corrected chi connectivity index (χ4v) is 5.09. The molecule has 0 aromatic carbocycles. The maximum atomic E-state index is 13.8. The Kier molecular flexibility index (Phi) is 5.94. The van der Waals surface area contributed by atoms with Gasteiger partial charge in [-0.05, 0) is 68.4 Å². The molecule has 2 bridgehead atoms. The second-order valence-electron chi connectivity index (χ2n) is 9.32. The summed E-state index contributed by atoms with van der Waals surface area (Å²) in [4.78, 5) is 28.5. The zero-order chi connectivity index (χ0) is 24.7. The summed E-state index contributed by atoms with van der Waals surface area (Å²) < 4.78 is 44.6. The standard InChI is InChI=1S/C26H25F3N4O2/c1-15-10-19(23-16(2)4-3-9-30-23)24(32-12-15)25(34)33-14-17-5-7-20(33)21(11-17)35-22-8-6-18(13-31-22)26(27,28)29/h3-4,6,8-10,12-13,17,20-21H,5,7,11,14H2,1-2H3/t17-,20+,21-/m1/s1. The molecule has 3 aromatic heterocycles. The summed E-state index contributed by atoms with van der Waals surface area (Å²) in [6.07, 6.45) is 1.81. The van der Waals surface area contributed by atoms with Crippen molar-refractivity contribution in [3.8, 4) is 17.1 Å². The van der Waals surface area contributed by atoms with E-state index in [1.165, 1.54) is 6.07 Å². The topological polar surface area (TPSA) is 68.2 Å². The van der Waals surface area contributed by atoms with Crippen LogP contribution in [0.15, 0.2) is 48.9 Å². The highest BCUT2D eigenvalue weighted by molar-refractivity contribution is 5.99. The minimum atomic E-state index is -4.45. The SMILES string of the molecule is Cc1cnc(C(=O)N2C[C@@H]3CC[C@H]2[C@H](Oc2ccc(C(F)(F)F)cn2)C3)c(-c2ncccc2C)c1. The van der Waals surface area contributed by atoms with Crippen LogP contribution in [0.4, 0.5) is 13.2 Å². The lowest BCUT2D eigenvalue weighted by Crippen LogP contribution is -2.59. The molecule has 6 nitrogen and oxygen atoms in total. The predicted octanol–water partition coefficient (Wildman–Crippen LogP) is 5.25. The van der Waals surface area contributed by atoms with Gasteiger partial charge < -0.3 is 9.64 Å². The number of aryl methyl sites for hydroxylation is 2. The monoisotopic (exact) mass is 482 g/mol. The van der Waals surface area contributed by atoms with Crippen molar-refractivity contribution in [2.24, 2.45) is 5.92 Å². The average molecular weight is 483 g/mol. The molecule has 3 aliphatic rings. The molecule has 1 amide bonds. The van der Waals surface area contributed by atoms with Crippen LogP contribution in [-0.4, -0.2) is 44.4 Å². The van der Waals surface area contributed by atoms with Gasteiger partial charge in [-0.2, -0.15) is 13.2 Å². The number of hydrogen-bond donors (Lipinski definition) is 0. The zero-order valence-electron chi connectivity index (χ0n) is 19.4. The summed E-state index contributed by atoms with van der Waals surface area (Å²) in [6, 6.07) is 7.72. The van der Waals surface area contributed by atoms with Crippen LogP contribution in [0.25, 0.3) is 11.3 Å². The van der Waals surface area contributed by atoms with Gasteiger partial charge in [-0.3, -0.25) is 14.8 Å². The lowest BCUT2D eigenvalue weighted by molar-refractivity contribution is -0.137. The molecule has 1 saturated carbocycles. The molecule has 2 aliphatic heterocycles. The Morgan fingerprint density at radius 2 is 1.91 bits per heavy atom. The van der Waals surface area contributed by atoms with Crippen molar-refractivity contribution in [2.75, 3.05) is 6.54 Å². The zero-order valence-corrected chi connectivity index (χ0v) is 19.4. The number of hydrogen-bond acceptors (Lipinski definition) is 5. The fraction of sp³-hybridized carbons (Fsp3) is 0.385. The van der Waals surface area contributed by atoms with E-state index in [2.05, 4.69) is 15.0 Å². The maximum Gasteiger partial charge on any atom is 0.417 e. The predicted molar refractivity (Wildman–Crippen MR) is 123 cm³/mol. The highest BCUT2D eigenvalue weighted by Gasteiger charge is 2.45. The number of ether oxygens (including phenoxy) is 1. The number of carbonyl (C=O) groups is 1. The summed E-state index contributed by atoms with van der Waals surface area (Å²) in [5.74, 6) is 0.184. The molecule has 0 spiro atoms. The van der Waals surface area contributed by atoms with E-state index in [0.29, 0.717) is 17.8 Å². The lowest BCUT2D eigenvalue weighted by Gasteiger charge is -2.49. The van der Waals surface area contributed by atoms with Crippen LogP contribution < -0.4 is 4.74 Å². The second-order valence-corrected chi connectivity index (χ2v) is 9.32. The molecule has 0 unspecified atom stereocenters. The van der Waals surface area contributed by atoms with Crippen molar-refractivity contribution in [3.05, 3.63) is 71.3 Å². The quantitative estimate of drug-likeness (QED) is 0.508. The van der Waals surface area contributed by atoms with Gasteiger partial charge in [0.1, 0.15) is 11.8 Å². The molecular formula is C26H25F3N4O2. The number of alkyl halides is 3. The summed E-state index contributed by atoms with van der Waals surface area (Å²) in [5.41, 5.74) is 2.80. The Morgan fingerprint density at radius 1 is 1.09 bits per heavy atom. The van der Waals surface area contributed by atoms with Crippen molar-refractivity contribution in [1.82, 2.24) is 19.9 Å². The number of nitrogens with zero attached hydrogens (tertiary/aromatic N) is 4. The third-order valence-corrected chi connectivity index (χ3v) is 6.81. The lowest BCUT2D eigenvalue weighted by atomic mass is 9.77. The van der Waals surface area contributed by atoms with Crippen LogP contribution >= 0.6 is 0 Å². The van der Waals surface area contributed by atoms with Crippen molar-refractivity contribution in [1.29, 1.82) is 0 Å². The highest BCUT2D eigenvalue weighted by Crippen LogP contribution is 2.39. The number of rotatable bonds is 4. The summed E-state index contributed by atoms with van der Waals surface area (Å²) >= 11 is 0. The summed E-state index contributed by atoms with van der Waals surface area (Å²) in [5, 5.41) is 0. The minimum absolute atomic E-state index is 0.126. The largest absolute Gasteiger partial charge is 0.472 e. The fourth-order valence-electron chi connectivity index (χ4n) is 5.09. The molecule has 0 N–H and O–H groups in total. The van der Waals surface area contributed by atoms with Crippen LogP contribution in [0, 0.1) is 19.8 Å². The number of piperidine rings is 2. The van der Waals surface area contributed by atoms with E-state index in [1.54, 1.807) is 12.4 Å². The molecule has 1 aliphatic carbocycles. The Labute approximate surface area is 201 Å². The molecular weight excluding hydrogens is 457 g/mol. The number of pyridine rings is 3. The smallest absolute Gasteiger partial charge is 0.417 e. The van der Waals surface area contributed by atoms with Crippen LogP contribution in [0.3, 0.4) is 0 Å². The number of fused-ring (bicyclic) bond motifs is 3. The van der Waals surface area contributed by atoms with Gasteiger partial charge in [-0.25, -0.2) is 4.98 Å². The van der Waals surface area contributed by atoms with E-state index in [9.17, 15) is 18.0 Å². The van der Waals surface area contributed by atoms with Gasteiger partial charge in [-0.15, -0.1) is 0 Å². The number of amides is 1. The third kappa shape index (κ3) is 4.59. The van der Waals surface area contributed by atoms with E-state index in [-0.39, 0.29) is 29.9 Å². The summed E-state index contributed by atoms with van der Waals surface area (Å²) in [6.45, 7) is 4.47. The van der Waals surface area contributed by atoms with E-state index in [4.69, 9.17) is 4.74 Å². The van der Waals surface area contributed by atoms with Gasteiger partial charge in [0.2, 0.25) is 5.88 Å². The van der Waals surface area contributed by atoms with Gasteiger partial charge in [0.05, 0.1) is 17.3 Å². The van der Waals surface area contributed by atoms with Gasteiger partial charge in [0, 0.05) is 36.8 Å². The number of aromatic nitrogens is 3. The first kappa shape index (κ1) is 23.3. The third-order valence-electron chi connectivity index (χ3n) is 6.81. The summed E-state index contributed by atoms with van der Waals surface area (Å²) in [7, 11) is 0. The van der Waals surface area contributed by atoms with Crippen LogP contribution in [0.5, 0.6) is 5.88 Å².